The highest BCUT2D eigenvalue weighted by molar-refractivity contribution is 8.00. The van der Waals surface area contributed by atoms with E-state index in [-0.39, 0.29) is 11.4 Å². The highest BCUT2D eigenvalue weighted by atomic mass is 32.2. The van der Waals surface area contributed by atoms with Crippen molar-refractivity contribution in [3.05, 3.63) is 29.8 Å². The van der Waals surface area contributed by atoms with E-state index in [9.17, 15) is 4.79 Å². The van der Waals surface area contributed by atoms with E-state index in [0.717, 1.165) is 6.54 Å². The molecule has 1 N–H and O–H groups in total. The summed E-state index contributed by atoms with van der Waals surface area (Å²) in [5.74, 6) is 0.691. The largest absolute Gasteiger partial charge is 0.354 e. The molecule has 2 fully saturated rings. The molecular weight excluding hydrogens is 328 g/mol. The minimum atomic E-state index is 0.176. The van der Waals surface area contributed by atoms with E-state index in [0.29, 0.717) is 5.75 Å². The normalized spacial score (nSPS) is 21.0. The zero-order valence-electron chi connectivity index (χ0n) is 15.6. The molecule has 1 aromatic carbocycles. The number of hydrogen-bond donors (Lipinski definition) is 1. The van der Waals surface area contributed by atoms with E-state index in [1.807, 2.05) is 12.1 Å². The van der Waals surface area contributed by atoms with E-state index in [1.54, 1.807) is 11.8 Å². The summed E-state index contributed by atoms with van der Waals surface area (Å²) in [5.41, 5.74) is 1.47. The van der Waals surface area contributed by atoms with Crippen LogP contribution in [0.1, 0.15) is 56.9 Å². The van der Waals surface area contributed by atoms with Crippen LogP contribution in [0.2, 0.25) is 0 Å². The van der Waals surface area contributed by atoms with Gasteiger partial charge in [0.05, 0.1) is 5.75 Å². The fourth-order valence-electron chi connectivity index (χ4n) is 4.36. The number of piperidine rings is 1. The molecule has 1 amide bonds. The topological polar surface area (TPSA) is 32.3 Å². The molecule has 1 aliphatic heterocycles. The first-order valence-corrected chi connectivity index (χ1v) is 10.9. The first kappa shape index (κ1) is 18.8. The van der Waals surface area contributed by atoms with Gasteiger partial charge in [-0.3, -0.25) is 9.69 Å². The van der Waals surface area contributed by atoms with Crippen LogP contribution in [0.4, 0.5) is 0 Å². The highest BCUT2D eigenvalue weighted by Crippen LogP contribution is 2.35. The maximum absolute atomic E-state index is 12.4. The molecule has 3 nitrogen and oxygen atoms in total. The lowest BCUT2D eigenvalue weighted by atomic mass is 9.79. The molecule has 0 unspecified atom stereocenters. The minimum Gasteiger partial charge on any atom is -0.354 e. The predicted molar refractivity (Wildman–Crippen MR) is 106 cm³/mol. The van der Waals surface area contributed by atoms with Crippen LogP contribution in [0.5, 0.6) is 0 Å². The number of carbonyl (C=O) groups excluding carboxylic acids is 1. The van der Waals surface area contributed by atoms with Gasteiger partial charge in [-0.25, -0.2) is 0 Å². The number of carbonyl (C=O) groups is 1. The number of thioether (sulfide) groups is 1. The second-order valence-corrected chi connectivity index (χ2v) is 8.68. The van der Waals surface area contributed by atoms with Crippen molar-refractivity contribution in [2.45, 2.75) is 68.7 Å². The zero-order valence-corrected chi connectivity index (χ0v) is 16.4. The molecule has 1 heterocycles. The van der Waals surface area contributed by atoms with Crippen molar-refractivity contribution in [2.75, 3.05) is 25.4 Å². The first-order valence-electron chi connectivity index (χ1n) is 9.90. The summed E-state index contributed by atoms with van der Waals surface area (Å²) >= 11 is 1.65. The van der Waals surface area contributed by atoms with Gasteiger partial charge in [0.25, 0.3) is 0 Å². The molecule has 3 rings (SSSR count). The van der Waals surface area contributed by atoms with Crippen LogP contribution in [-0.2, 0) is 4.79 Å². The quantitative estimate of drug-likeness (QED) is 0.764. The van der Waals surface area contributed by atoms with E-state index in [1.165, 1.54) is 74.9 Å². The van der Waals surface area contributed by atoms with E-state index >= 15 is 0 Å². The molecule has 0 aromatic heterocycles. The van der Waals surface area contributed by atoms with E-state index in [4.69, 9.17) is 0 Å². The second-order valence-electron chi connectivity index (χ2n) is 7.66. The van der Waals surface area contributed by atoms with Gasteiger partial charge in [0.2, 0.25) is 5.91 Å². The molecule has 1 aliphatic carbocycles. The molecule has 0 radical (unpaired) electrons. The molecule has 0 atom stereocenters. The smallest absolute Gasteiger partial charge is 0.230 e. The molecule has 25 heavy (non-hydrogen) atoms. The van der Waals surface area contributed by atoms with Crippen molar-refractivity contribution in [1.29, 1.82) is 0 Å². The Balaban J connectivity index is 1.53. The maximum Gasteiger partial charge on any atom is 0.230 e. The highest BCUT2D eigenvalue weighted by Gasteiger charge is 2.38. The van der Waals surface area contributed by atoms with Crippen LogP contribution < -0.4 is 5.32 Å². The summed E-state index contributed by atoms with van der Waals surface area (Å²) < 4.78 is 0. The average Bonchev–Trinajstić information content (AvgIpc) is 2.67. The van der Waals surface area contributed by atoms with Crippen LogP contribution in [0.15, 0.2) is 29.2 Å². The van der Waals surface area contributed by atoms with Crippen LogP contribution in [0.25, 0.3) is 0 Å². The number of nitrogens with zero attached hydrogens (tertiary/aromatic N) is 1. The molecule has 4 heteroatoms. The van der Waals surface area contributed by atoms with Crippen molar-refractivity contribution in [3.63, 3.8) is 0 Å². The molecule has 1 saturated carbocycles. The first-order chi connectivity index (χ1) is 12.2. The van der Waals surface area contributed by atoms with Crippen molar-refractivity contribution >= 4 is 17.7 Å². The minimum absolute atomic E-state index is 0.176. The lowest BCUT2D eigenvalue weighted by Gasteiger charge is -2.48. The fourth-order valence-corrected chi connectivity index (χ4v) is 5.22. The van der Waals surface area contributed by atoms with Gasteiger partial charge >= 0.3 is 0 Å². The van der Waals surface area contributed by atoms with Gasteiger partial charge in [0.15, 0.2) is 0 Å². The number of rotatable bonds is 6. The average molecular weight is 361 g/mol. The molecular formula is C21H32N2OS. The summed E-state index contributed by atoms with van der Waals surface area (Å²) in [6.45, 7) is 5.37. The molecule has 2 aliphatic rings. The van der Waals surface area contributed by atoms with Crippen molar-refractivity contribution in [3.8, 4) is 0 Å². The molecule has 0 spiro atoms. The van der Waals surface area contributed by atoms with Gasteiger partial charge in [0.1, 0.15) is 0 Å². The number of likely N-dealkylation sites (tertiary alicyclic amines) is 1. The van der Waals surface area contributed by atoms with Crippen LogP contribution in [0, 0.1) is 6.92 Å². The van der Waals surface area contributed by atoms with Gasteiger partial charge in [-0.15, -0.1) is 11.8 Å². The summed E-state index contributed by atoms with van der Waals surface area (Å²) in [7, 11) is 0. The van der Waals surface area contributed by atoms with Crippen LogP contribution >= 0.6 is 11.8 Å². The lowest BCUT2D eigenvalue weighted by Crippen LogP contribution is -2.58. The Bertz CT molecular complexity index is 563. The van der Waals surface area contributed by atoms with Crippen molar-refractivity contribution in [2.24, 2.45) is 0 Å². The van der Waals surface area contributed by atoms with E-state index in [2.05, 4.69) is 29.3 Å². The molecule has 138 valence electrons. The number of aryl methyl sites for hydroxylation is 1. The summed E-state index contributed by atoms with van der Waals surface area (Å²) in [6.07, 6.45) is 10.5. The summed E-state index contributed by atoms with van der Waals surface area (Å²) in [6, 6.07) is 8.29. The van der Waals surface area contributed by atoms with Gasteiger partial charge in [-0.05, 0) is 57.3 Å². The Hall–Kier alpha value is -1.00. The van der Waals surface area contributed by atoms with Gasteiger partial charge in [-0.2, -0.15) is 0 Å². The number of amides is 1. The van der Waals surface area contributed by atoms with Crippen LogP contribution in [0.3, 0.4) is 0 Å². The Morgan fingerprint density at radius 1 is 1.08 bits per heavy atom. The third-order valence-corrected chi connectivity index (χ3v) is 7.05. The second kappa shape index (κ2) is 9.09. The van der Waals surface area contributed by atoms with Crippen LogP contribution in [-0.4, -0.2) is 41.7 Å². The third-order valence-electron chi connectivity index (χ3n) is 5.88. The monoisotopic (exact) mass is 360 g/mol. The Morgan fingerprint density at radius 3 is 2.48 bits per heavy atom. The summed E-state index contributed by atoms with van der Waals surface area (Å²) in [4.78, 5) is 16.4. The van der Waals surface area contributed by atoms with E-state index < -0.39 is 0 Å². The van der Waals surface area contributed by atoms with Crippen molar-refractivity contribution < 1.29 is 4.79 Å². The molecule has 1 saturated heterocycles. The number of nitrogens with one attached hydrogen (secondary N) is 1. The predicted octanol–water partition coefficient (Wildman–Crippen LogP) is 4.39. The van der Waals surface area contributed by atoms with Crippen molar-refractivity contribution in [1.82, 2.24) is 10.2 Å². The van der Waals surface area contributed by atoms with Gasteiger partial charge in [-0.1, -0.05) is 43.9 Å². The SMILES string of the molecule is Cc1ccccc1SCC(=O)NCC1(N2CCCCC2)CCCCC1. The van der Waals surface area contributed by atoms with Gasteiger partial charge in [0, 0.05) is 17.0 Å². The Kier molecular flexibility index (Phi) is 6.83. The Labute approximate surface area is 156 Å². The zero-order chi connectivity index (χ0) is 17.5. The standard InChI is InChI=1S/C21H32N2OS/c1-18-10-4-5-11-19(18)25-16-20(24)22-17-21(12-6-2-7-13-21)23-14-8-3-9-15-23/h4-5,10-11H,2-3,6-9,12-17H2,1H3,(H,22,24). The number of benzene rings is 1. The molecule has 1 aromatic rings. The third kappa shape index (κ3) is 5.01. The maximum atomic E-state index is 12.4. The summed E-state index contributed by atoms with van der Waals surface area (Å²) in [5, 5.41) is 3.28. The van der Waals surface area contributed by atoms with Gasteiger partial charge < -0.3 is 5.32 Å². The Morgan fingerprint density at radius 2 is 1.76 bits per heavy atom. The lowest BCUT2D eigenvalue weighted by molar-refractivity contribution is -0.119. The number of hydrogen-bond acceptors (Lipinski definition) is 3. The molecule has 0 bridgehead atoms. The fraction of sp³-hybridized carbons (Fsp3) is 0.667.